The highest BCUT2D eigenvalue weighted by molar-refractivity contribution is 5.90. The summed E-state index contributed by atoms with van der Waals surface area (Å²) in [4.78, 5) is 0. The Balaban J connectivity index is 2.79. The monoisotopic (exact) mass is 228 g/mol. The zero-order valence-corrected chi connectivity index (χ0v) is 9.94. The number of aliphatic hydroxyl groups excluding tert-OH is 1. The van der Waals surface area contributed by atoms with Crippen LogP contribution in [-0.4, -0.2) is 12.2 Å². The Morgan fingerprint density at radius 2 is 2.12 bits per heavy atom. The van der Waals surface area contributed by atoms with Crippen LogP contribution in [0.1, 0.15) is 11.1 Å². The average Bonchev–Trinajstić information content (AvgIpc) is 2.38. The molecule has 0 aliphatic rings. The van der Waals surface area contributed by atoms with Gasteiger partial charge in [0, 0.05) is 10.9 Å². The Hall–Kier alpha value is -1.80. The van der Waals surface area contributed by atoms with Crippen molar-refractivity contribution in [1.82, 2.24) is 0 Å². The summed E-state index contributed by atoms with van der Waals surface area (Å²) >= 11 is 0. The van der Waals surface area contributed by atoms with Crippen LogP contribution in [0.25, 0.3) is 10.8 Å². The second kappa shape index (κ2) is 5.02. The van der Waals surface area contributed by atoms with Crippen LogP contribution in [0.5, 0.6) is 5.75 Å². The van der Waals surface area contributed by atoms with Gasteiger partial charge in [-0.05, 0) is 23.4 Å². The molecule has 17 heavy (non-hydrogen) atoms. The molecular weight excluding hydrogens is 212 g/mol. The molecular formula is C15H16O2. The number of aliphatic hydroxyl groups is 1. The fraction of sp³-hybridized carbons (Fsp3) is 0.200. The lowest BCUT2D eigenvalue weighted by atomic mass is 9.97. The molecule has 0 radical (unpaired) electrons. The third-order valence-corrected chi connectivity index (χ3v) is 2.92. The van der Waals surface area contributed by atoms with Crippen molar-refractivity contribution in [2.24, 2.45) is 0 Å². The smallest absolute Gasteiger partial charge is 0.130 e. The minimum Gasteiger partial charge on any atom is -0.496 e. The average molecular weight is 228 g/mol. The van der Waals surface area contributed by atoms with Gasteiger partial charge < -0.3 is 9.84 Å². The van der Waals surface area contributed by atoms with Crippen LogP contribution in [-0.2, 0) is 13.0 Å². The highest BCUT2D eigenvalue weighted by Gasteiger charge is 2.12. The fourth-order valence-electron chi connectivity index (χ4n) is 2.16. The number of ether oxygens (including phenoxy) is 1. The van der Waals surface area contributed by atoms with E-state index in [1.54, 1.807) is 7.11 Å². The molecule has 0 aliphatic carbocycles. The molecule has 0 amide bonds. The minimum absolute atomic E-state index is 0.0182. The van der Waals surface area contributed by atoms with Gasteiger partial charge in [-0.3, -0.25) is 0 Å². The van der Waals surface area contributed by atoms with E-state index >= 15 is 0 Å². The molecule has 2 aromatic carbocycles. The Morgan fingerprint density at radius 3 is 2.76 bits per heavy atom. The van der Waals surface area contributed by atoms with Gasteiger partial charge in [-0.1, -0.05) is 30.3 Å². The van der Waals surface area contributed by atoms with Crippen LogP contribution in [0, 0.1) is 0 Å². The topological polar surface area (TPSA) is 29.5 Å². The van der Waals surface area contributed by atoms with Gasteiger partial charge in [-0.2, -0.15) is 0 Å². The van der Waals surface area contributed by atoms with E-state index in [4.69, 9.17) is 4.74 Å². The summed E-state index contributed by atoms with van der Waals surface area (Å²) in [6, 6.07) is 10.0. The van der Waals surface area contributed by atoms with E-state index in [2.05, 4.69) is 6.58 Å². The van der Waals surface area contributed by atoms with Crippen LogP contribution in [0.15, 0.2) is 43.0 Å². The summed E-state index contributed by atoms with van der Waals surface area (Å²) in [5.41, 5.74) is 1.92. The molecule has 2 heteroatoms. The molecule has 0 unspecified atom stereocenters. The van der Waals surface area contributed by atoms with Crippen molar-refractivity contribution >= 4 is 10.8 Å². The Bertz CT molecular complexity index is 544. The third-order valence-electron chi connectivity index (χ3n) is 2.92. The van der Waals surface area contributed by atoms with Crippen molar-refractivity contribution in [2.45, 2.75) is 13.0 Å². The molecule has 2 rings (SSSR count). The Labute approximate surface area is 101 Å². The third kappa shape index (κ3) is 2.04. The van der Waals surface area contributed by atoms with Crippen LogP contribution in [0.2, 0.25) is 0 Å². The summed E-state index contributed by atoms with van der Waals surface area (Å²) in [5, 5.41) is 11.6. The summed E-state index contributed by atoms with van der Waals surface area (Å²) in [7, 11) is 1.66. The van der Waals surface area contributed by atoms with E-state index in [0.717, 1.165) is 27.6 Å². The second-order valence-electron chi connectivity index (χ2n) is 3.92. The van der Waals surface area contributed by atoms with E-state index in [-0.39, 0.29) is 6.61 Å². The van der Waals surface area contributed by atoms with Crippen LogP contribution >= 0.6 is 0 Å². The quantitative estimate of drug-likeness (QED) is 0.815. The maximum atomic E-state index is 9.43. The first-order valence-electron chi connectivity index (χ1n) is 5.61. The zero-order valence-electron chi connectivity index (χ0n) is 9.94. The number of hydrogen-bond acceptors (Lipinski definition) is 2. The van der Waals surface area contributed by atoms with Gasteiger partial charge in [0.2, 0.25) is 0 Å². The molecule has 0 fully saturated rings. The lowest BCUT2D eigenvalue weighted by Gasteiger charge is -2.14. The highest BCUT2D eigenvalue weighted by Crippen LogP contribution is 2.33. The largest absolute Gasteiger partial charge is 0.496 e. The maximum absolute atomic E-state index is 9.43. The molecule has 0 aromatic heterocycles. The summed E-state index contributed by atoms with van der Waals surface area (Å²) in [5.74, 6) is 0.840. The molecule has 1 N–H and O–H groups in total. The van der Waals surface area contributed by atoms with Crippen LogP contribution < -0.4 is 4.74 Å². The normalized spacial score (nSPS) is 10.5. The van der Waals surface area contributed by atoms with Gasteiger partial charge in [0.15, 0.2) is 0 Å². The van der Waals surface area contributed by atoms with Gasteiger partial charge in [-0.25, -0.2) is 0 Å². The predicted octanol–water partition coefficient (Wildman–Crippen LogP) is 3.07. The van der Waals surface area contributed by atoms with Gasteiger partial charge in [-0.15, -0.1) is 6.58 Å². The Morgan fingerprint density at radius 1 is 1.35 bits per heavy atom. The lowest BCUT2D eigenvalue weighted by Crippen LogP contribution is -1.99. The number of benzene rings is 2. The molecule has 88 valence electrons. The SMILES string of the molecule is C=CCc1c(CO)cc2ccccc2c1OC. The van der Waals surface area contributed by atoms with Crippen molar-refractivity contribution in [3.8, 4) is 5.75 Å². The first kappa shape index (κ1) is 11.7. The molecule has 0 atom stereocenters. The van der Waals surface area contributed by atoms with Crippen molar-refractivity contribution in [3.05, 3.63) is 54.1 Å². The molecule has 0 bridgehead atoms. The van der Waals surface area contributed by atoms with Crippen LogP contribution in [0.3, 0.4) is 0 Å². The number of rotatable bonds is 4. The summed E-state index contributed by atoms with van der Waals surface area (Å²) < 4.78 is 5.49. The van der Waals surface area contributed by atoms with E-state index in [1.807, 2.05) is 36.4 Å². The Kier molecular flexibility index (Phi) is 3.45. The summed E-state index contributed by atoms with van der Waals surface area (Å²) in [6.45, 7) is 3.77. The lowest BCUT2D eigenvalue weighted by molar-refractivity contribution is 0.280. The number of fused-ring (bicyclic) bond motifs is 1. The van der Waals surface area contributed by atoms with E-state index in [1.165, 1.54) is 0 Å². The minimum atomic E-state index is 0.0182. The summed E-state index contributed by atoms with van der Waals surface area (Å²) in [6.07, 6.45) is 2.52. The molecule has 0 saturated carbocycles. The zero-order chi connectivity index (χ0) is 12.3. The van der Waals surface area contributed by atoms with E-state index in [9.17, 15) is 5.11 Å². The van der Waals surface area contributed by atoms with E-state index in [0.29, 0.717) is 6.42 Å². The first-order valence-corrected chi connectivity index (χ1v) is 5.61. The molecule has 0 aliphatic heterocycles. The van der Waals surface area contributed by atoms with Crippen molar-refractivity contribution < 1.29 is 9.84 Å². The number of hydrogen-bond donors (Lipinski definition) is 1. The standard InChI is InChI=1S/C15H16O2/c1-3-6-13-12(10-16)9-11-7-4-5-8-14(11)15(13)17-2/h3-5,7-9,16H,1,6,10H2,2H3. The molecule has 2 aromatic rings. The van der Waals surface area contributed by atoms with Gasteiger partial charge in [0.05, 0.1) is 13.7 Å². The van der Waals surface area contributed by atoms with Crippen molar-refractivity contribution in [1.29, 1.82) is 0 Å². The molecule has 2 nitrogen and oxygen atoms in total. The van der Waals surface area contributed by atoms with Crippen molar-refractivity contribution in [3.63, 3.8) is 0 Å². The van der Waals surface area contributed by atoms with Gasteiger partial charge in [0.1, 0.15) is 5.75 Å². The predicted molar refractivity (Wildman–Crippen MR) is 70.3 cm³/mol. The molecule has 0 saturated heterocycles. The van der Waals surface area contributed by atoms with Gasteiger partial charge in [0.25, 0.3) is 0 Å². The van der Waals surface area contributed by atoms with Crippen LogP contribution in [0.4, 0.5) is 0 Å². The fourth-order valence-corrected chi connectivity index (χ4v) is 2.16. The second-order valence-corrected chi connectivity index (χ2v) is 3.92. The van der Waals surface area contributed by atoms with Gasteiger partial charge >= 0.3 is 0 Å². The molecule has 0 spiro atoms. The highest BCUT2D eigenvalue weighted by atomic mass is 16.5. The molecule has 0 heterocycles. The number of methoxy groups -OCH3 is 1. The maximum Gasteiger partial charge on any atom is 0.130 e. The first-order chi connectivity index (χ1) is 8.31. The van der Waals surface area contributed by atoms with E-state index < -0.39 is 0 Å². The number of allylic oxidation sites excluding steroid dienone is 1. The van der Waals surface area contributed by atoms with Crippen molar-refractivity contribution in [2.75, 3.05) is 7.11 Å².